The third-order valence-corrected chi connectivity index (χ3v) is 6.08. The molecule has 0 spiro atoms. The number of carbonyl (C=O) groups is 4. The molecule has 2 aliphatic heterocycles. The molecule has 4 rings (SSSR count). The van der Waals surface area contributed by atoms with Crippen LogP contribution in [0.1, 0.15) is 23.2 Å². The van der Waals surface area contributed by atoms with Crippen molar-refractivity contribution in [2.75, 3.05) is 63.2 Å². The zero-order chi connectivity index (χ0) is 27.4. The number of benzene rings is 1. The lowest BCUT2D eigenvalue weighted by Gasteiger charge is -2.35. The maximum absolute atomic E-state index is 15.0. The van der Waals surface area contributed by atoms with E-state index in [9.17, 15) is 19.2 Å². The number of ether oxygens (including phenoxy) is 2. The predicted octanol–water partition coefficient (Wildman–Crippen LogP) is 1.44. The summed E-state index contributed by atoms with van der Waals surface area (Å²) in [4.78, 5) is 53.7. The number of amides is 4. The molecule has 0 unspecified atom stereocenters. The van der Waals surface area contributed by atoms with Crippen LogP contribution in [0.4, 0.5) is 25.4 Å². The van der Waals surface area contributed by atoms with Gasteiger partial charge in [0.05, 0.1) is 24.5 Å². The molecule has 0 bridgehead atoms. The van der Waals surface area contributed by atoms with Crippen molar-refractivity contribution in [2.24, 2.45) is 0 Å². The normalized spacial score (nSPS) is 17.3. The lowest BCUT2D eigenvalue weighted by Crippen LogP contribution is -2.49. The van der Waals surface area contributed by atoms with Gasteiger partial charge in [0.25, 0.3) is 5.91 Å². The van der Waals surface area contributed by atoms with Gasteiger partial charge in [0.2, 0.25) is 11.7 Å². The molecule has 14 heteroatoms. The van der Waals surface area contributed by atoms with Crippen molar-refractivity contribution >= 4 is 35.4 Å². The fourth-order valence-corrected chi connectivity index (χ4v) is 4.07. The molecular weight excluding hydrogens is 503 g/mol. The molecule has 204 valence electrons. The van der Waals surface area contributed by atoms with Gasteiger partial charge in [0.1, 0.15) is 24.2 Å². The molecular formula is C24H29FN6O7. The number of anilines is 2. The summed E-state index contributed by atoms with van der Waals surface area (Å²) in [6, 6.07) is 5.93. The Morgan fingerprint density at radius 3 is 2.58 bits per heavy atom. The number of rotatable bonds is 7. The van der Waals surface area contributed by atoms with E-state index in [1.165, 1.54) is 28.9 Å². The number of nitrogens with one attached hydrogen (secondary N) is 1. The largest absolute Gasteiger partial charge is 0.443 e. The van der Waals surface area contributed by atoms with Gasteiger partial charge in [-0.2, -0.15) is 0 Å². The van der Waals surface area contributed by atoms with Crippen LogP contribution in [0.5, 0.6) is 0 Å². The number of hydrogen-bond acceptors (Lipinski definition) is 9. The van der Waals surface area contributed by atoms with Gasteiger partial charge in [-0.05, 0) is 18.2 Å². The Bertz CT molecular complexity index is 1210. The van der Waals surface area contributed by atoms with E-state index in [0.717, 1.165) is 0 Å². The van der Waals surface area contributed by atoms with Gasteiger partial charge in [-0.3, -0.25) is 14.5 Å². The van der Waals surface area contributed by atoms with Gasteiger partial charge in [0.15, 0.2) is 0 Å². The minimum absolute atomic E-state index is 0.0270. The summed E-state index contributed by atoms with van der Waals surface area (Å²) in [5.74, 6) is -1.07. The topological polar surface area (TPSA) is 138 Å². The number of aromatic nitrogens is 1. The van der Waals surface area contributed by atoms with Crippen molar-refractivity contribution in [2.45, 2.75) is 19.6 Å². The lowest BCUT2D eigenvalue weighted by molar-refractivity contribution is -0.119. The molecule has 2 aliphatic rings. The van der Waals surface area contributed by atoms with E-state index in [-0.39, 0.29) is 37.3 Å². The van der Waals surface area contributed by atoms with Gasteiger partial charge < -0.3 is 34.0 Å². The Labute approximate surface area is 218 Å². The van der Waals surface area contributed by atoms with Crippen molar-refractivity contribution in [1.82, 2.24) is 20.3 Å². The van der Waals surface area contributed by atoms with Gasteiger partial charge in [-0.15, -0.1) is 0 Å². The van der Waals surface area contributed by atoms with Crippen molar-refractivity contribution in [1.29, 1.82) is 0 Å². The zero-order valence-corrected chi connectivity index (χ0v) is 21.3. The van der Waals surface area contributed by atoms with Gasteiger partial charge in [0, 0.05) is 53.3 Å². The maximum atomic E-state index is 15.0. The first kappa shape index (κ1) is 26.7. The van der Waals surface area contributed by atoms with Crippen LogP contribution in [0.3, 0.4) is 0 Å². The molecule has 38 heavy (non-hydrogen) atoms. The van der Waals surface area contributed by atoms with E-state index in [4.69, 9.17) is 14.0 Å². The van der Waals surface area contributed by atoms with Crippen LogP contribution in [0.2, 0.25) is 0 Å². The molecule has 0 aliphatic carbocycles. The quantitative estimate of drug-likeness (QED) is 0.561. The number of halogens is 1. The molecule has 1 atom stereocenters. The first-order chi connectivity index (χ1) is 18.1. The van der Waals surface area contributed by atoms with Crippen LogP contribution in [-0.4, -0.2) is 98.4 Å². The maximum Gasteiger partial charge on any atom is 0.414 e. The minimum Gasteiger partial charge on any atom is -0.443 e. The number of piperazine rings is 1. The Balaban J connectivity index is 1.31. The molecule has 4 amide bonds. The summed E-state index contributed by atoms with van der Waals surface area (Å²) in [6.45, 7) is 3.05. The average Bonchev–Trinajstić information content (AvgIpc) is 3.52. The minimum atomic E-state index is -0.605. The van der Waals surface area contributed by atoms with Crippen molar-refractivity contribution in [3.63, 3.8) is 0 Å². The smallest absolute Gasteiger partial charge is 0.414 e. The van der Waals surface area contributed by atoms with Gasteiger partial charge >= 0.3 is 12.2 Å². The Morgan fingerprint density at radius 2 is 1.92 bits per heavy atom. The first-order valence-electron chi connectivity index (χ1n) is 12.0. The van der Waals surface area contributed by atoms with Crippen molar-refractivity contribution < 1.29 is 37.6 Å². The summed E-state index contributed by atoms with van der Waals surface area (Å²) in [7, 11) is 3.10. The summed E-state index contributed by atoms with van der Waals surface area (Å²) in [5.41, 5.74) is 1.02. The van der Waals surface area contributed by atoms with Crippen LogP contribution in [-0.2, 0) is 20.9 Å². The van der Waals surface area contributed by atoms with Crippen molar-refractivity contribution in [3.8, 4) is 0 Å². The van der Waals surface area contributed by atoms with Crippen molar-refractivity contribution in [3.05, 3.63) is 41.5 Å². The van der Waals surface area contributed by atoms with E-state index >= 15 is 4.39 Å². The molecule has 2 saturated heterocycles. The summed E-state index contributed by atoms with van der Waals surface area (Å²) < 4.78 is 30.4. The third kappa shape index (κ3) is 6.12. The van der Waals surface area contributed by atoms with Gasteiger partial charge in [-0.25, -0.2) is 14.0 Å². The Kier molecular flexibility index (Phi) is 7.98. The van der Waals surface area contributed by atoms with Crippen LogP contribution in [0, 0.1) is 5.82 Å². The molecule has 1 aromatic carbocycles. The van der Waals surface area contributed by atoms with E-state index in [0.29, 0.717) is 43.2 Å². The summed E-state index contributed by atoms with van der Waals surface area (Å²) in [6.07, 6.45) is -1.66. The molecule has 3 heterocycles. The second kappa shape index (κ2) is 11.4. The first-order valence-corrected chi connectivity index (χ1v) is 12.0. The fraction of sp³-hybridized carbons (Fsp3) is 0.458. The lowest BCUT2D eigenvalue weighted by atomic mass is 10.2. The number of cyclic esters (lactones) is 1. The standard InChI is InChI=1S/C24H29FN6O7/c1-15(32)26-12-18-13-31(24(35)37-18)17-4-5-20(19(25)11-17)29-6-8-30(9-7-29)22(33)21-10-16(27-38-21)14-36-23(34)28(2)3/h4-5,10-11,18H,6-9,12-14H2,1-3H3,(H,26,32)/t18-/m0/s1. The molecule has 13 nitrogen and oxygen atoms in total. The SMILES string of the molecule is CC(=O)NC[C@H]1CN(c2ccc(N3CCN(C(=O)c4cc(COC(=O)N(C)C)no4)CC3)c(F)c2)C(=O)O1. The zero-order valence-electron chi connectivity index (χ0n) is 21.3. The third-order valence-electron chi connectivity index (χ3n) is 6.08. The van der Waals surface area contributed by atoms with E-state index in [1.807, 2.05) is 4.90 Å². The average molecular weight is 533 g/mol. The molecule has 0 saturated carbocycles. The highest BCUT2D eigenvalue weighted by Gasteiger charge is 2.33. The van der Waals surface area contributed by atoms with E-state index < -0.39 is 24.1 Å². The Hall–Kier alpha value is -4.36. The molecule has 2 fully saturated rings. The molecule has 1 aromatic heterocycles. The highest BCUT2D eigenvalue weighted by Crippen LogP contribution is 2.28. The summed E-state index contributed by atoms with van der Waals surface area (Å²) >= 11 is 0. The molecule has 1 N–H and O–H groups in total. The second-order valence-corrected chi connectivity index (χ2v) is 9.10. The Morgan fingerprint density at radius 1 is 1.18 bits per heavy atom. The highest BCUT2D eigenvalue weighted by molar-refractivity contribution is 5.92. The van der Waals surface area contributed by atoms with E-state index in [2.05, 4.69) is 10.5 Å². The van der Waals surface area contributed by atoms with E-state index in [1.54, 1.807) is 31.1 Å². The fourth-order valence-electron chi connectivity index (χ4n) is 4.07. The van der Waals surface area contributed by atoms with Crippen LogP contribution >= 0.6 is 0 Å². The highest BCUT2D eigenvalue weighted by atomic mass is 19.1. The number of hydrogen-bond donors (Lipinski definition) is 1. The van der Waals surface area contributed by atoms with Crippen LogP contribution < -0.4 is 15.1 Å². The number of nitrogens with zero attached hydrogens (tertiary/aromatic N) is 5. The predicted molar refractivity (Wildman–Crippen MR) is 131 cm³/mol. The molecule has 0 radical (unpaired) electrons. The second-order valence-electron chi connectivity index (χ2n) is 9.10. The van der Waals surface area contributed by atoms with Crippen LogP contribution in [0.15, 0.2) is 28.8 Å². The summed E-state index contributed by atoms with van der Waals surface area (Å²) in [5, 5.41) is 6.37. The van der Waals surface area contributed by atoms with Crippen LogP contribution in [0.25, 0.3) is 0 Å². The van der Waals surface area contributed by atoms with Gasteiger partial charge in [-0.1, -0.05) is 5.16 Å². The monoisotopic (exact) mass is 532 g/mol. The molecule has 2 aromatic rings. The number of carbonyl (C=O) groups excluding carboxylic acids is 4.